The smallest absolute Gasteiger partial charge is 0.148 e. The molecule has 0 aliphatic heterocycles. The minimum atomic E-state index is -0.605. The minimum Gasteiger partial charge on any atom is -0.319 e. The zero-order chi connectivity index (χ0) is 12.3. The highest BCUT2D eigenvalue weighted by molar-refractivity contribution is 7.14. The van der Waals surface area contributed by atoms with Crippen molar-refractivity contribution in [1.82, 2.24) is 15.5 Å². The molecule has 6 heteroatoms. The molecule has 0 bridgehead atoms. The molecule has 1 aromatic heterocycles. The van der Waals surface area contributed by atoms with Crippen LogP contribution in [0.2, 0.25) is 0 Å². The zero-order valence-electron chi connectivity index (χ0n) is 9.20. The number of nitrogens with zero attached hydrogens (tertiary/aromatic N) is 2. The Bertz CT molecular complexity index is 493. The number of aromatic nitrogens is 2. The fourth-order valence-corrected chi connectivity index (χ4v) is 2.21. The van der Waals surface area contributed by atoms with Gasteiger partial charge in [0, 0.05) is 24.6 Å². The first-order chi connectivity index (χ1) is 8.19. The summed E-state index contributed by atoms with van der Waals surface area (Å²) >= 11 is 1.35. The average molecular weight is 255 g/mol. The zero-order valence-corrected chi connectivity index (χ0v) is 10.0. The van der Waals surface area contributed by atoms with Crippen LogP contribution in [0, 0.1) is 11.6 Å². The van der Waals surface area contributed by atoms with E-state index in [1.165, 1.54) is 23.5 Å². The molecule has 0 saturated carbocycles. The monoisotopic (exact) mass is 255 g/mol. The topological polar surface area (TPSA) is 37.8 Å². The lowest BCUT2D eigenvalue weighted by molar-refractivity contribution is 0.584. The molecule has 0 amide bonds. The molecule has 17 heavy (non-hydrogen) atoms. The molecule has 0 spiro atoms. The Labute approximate surface area is 102 Å². The first-order valence-corrected chi connectivity index (χ1v) is 5.94. The lowest BCUT2D eigenvalue weighted by atomic mass is 10.2. The molecular weight excluding hydrogens is 244 g/mol. The molecule has 0 aliphatic carbocycles. The van der Waals surface area contributed by atoms with E-state index in [1.54, 1.807) is 0 Å². The van der Waals surface area contributed by atoms with Crippen LogP contribution in [0.15, 0.2) is 18.2 Å². The summed E-state index contributed by atoms with van der Waals surface area (Å²) in [6, 6.07) is 3.35. The molecule has 0 unspecified atom stereocenters. The van der Waals surface area contributed by atoms with Gasteiger partial charge in [-0.3, -0.25) is 0 Å². The lowest BCUT2D eigenvalue weighted by Crippen LogP contribution is -2.09. The van der Waals surface area contributed by atoms with E-state index in [-0.39, 0.29) is 0 Å². The van der Waals surface area contributed by atoms with Crippen molar-refractivity contribution in [2.75, 3.05) is 13.6 Å². The van der Waals surface area contributed by atoms with Crippen LogP contribution in [0.25, 0.3) is 10.6 Å². The lowest BCUT2D eigenvalue weighted by Gasteiger charge is -1.96. The highest BCUT2D eigenvalue weighted by atomic mass is 32.1. The van der Waals surface area contributed by atoms with Crippen LogP contribution >= 0.6 is 11.3 Å². The molecule has 0 radical (unpaired) electrons. The molecular formula is C11H11F2N3S. The Morgan fingerprint density at radius 1 is 1.18 bits per heavy atom. The van der Waals surface area contributed by atoms with Gasteiger partial charge in [0.15, 0.2) is 0 Å². The Kier molecular flexibility index (Phi) is 3.75. The van der Waals surface area contributed by atoms with Crippen molar-refractivity contribution < 1.29 is 8.78 Å². The molecule has 90 valence electrons. The van der Waals surface area contributed by atoms with Crippen molar-refractivity contribution in [1.29, 1.82) is 0 Å². The number of likely N-dealkylation sites (N-methyl/N-ethyl adjacent to an activating group) is 1. The maximum absolute atomic E-state index is 13.0. The standard InChI is InChI=1S/C11H11F2N3S/c1-14-3-2-10-15-16-11(17-10)7-4-8(12)6-9(13)5-7/h4-6,14H,2-3H2,1H3. The first kappa shape index (κ1) is 12.1. The van der Waals surface area contributed by atoms with Gasteiger partial charge in [0.25, 0.3) is 0 Å². The number of halogens is 2. The minimum absolute atomic E-state index is 0.427. The summed E-state index contributed by atoms with van der Waals surface area (Å²) in [6.07, 6.45) is 0.756. The second-order valence-electron chi connectivity index (χ2n) is 3.51. The number of hydrogen-bond acceptors (Lipinski definition) is 4. The van der Waals surface area contributed by atoms with E-state index in [1.807, 2.05) is 7.05 Å². The predicted molar refractivity (Wildman–Crippen MR) is 62.9 cm³/mol. The van der Waals surface area contributed by atoms with Crippen molar-refractivity contribution in [3.8, 4) is 10.6 Å². The van der Waals surface area contributed by atoms with Crippen LogP contribution in [-0.4, -0.2) is 23.8 Å². The SMILES string of the molecule is CNCCc1nnc(-c2cc(F)cc(F)c2)s1. The van der Waals surface area contributed by atoms with Crippen molar-refractivity contribution in [2.24, 2.45) is 0 Å². The molecule has 0 atom stereocenters. The summed E-state index contributed by atoms with van der Waals surface area (Å²) in [4.78, 5) is 0. The summed E-state index contributed by atoms with van der Waals surface area (Å²) in [5.74, 6) is -1.21. The van der Waals surface area contributed by atoms with Gasteiger partial charge >= 0.3 is 0 Å². The van der Waals surface area contributed by atoms with Gasteiger partial charge in [-0.2, -0.15) is 0 Å². The third-order valence-electron chi connectivity index (χ3n) is 2.17. The Morgan fingerprint density at radius 3 is 2.53 bits per heavy atom. The van der Waals surface area contributed by atoms with E-state index < -0.39 is 11.6 Å². The van der Waals surface area contributed by atoms with Gasteiger partial charge in [-0.25, -0.2) is 8.78 Å². The Hall–Kier alpha value is -1.40. The number of benzene rings is 1. The molecule has 2 aromatic rings. The number of nitrogens with one attached hydrogen (secondary N) is 1. The Morgan fingerprint density at radius 2 is 1.88 bits per heavy atom. The molecule has 0 saturated heterocycles. The highest BCUT2D eigenvalue weighted by Crippen LogP contribution is 2.25. The summed E-state index contributed by atoms with van der Waals surface area (Å²) in [7, 11) is 1.85. The van der Waals surface area contributed by atoms with Crippen molar-refractivity contribution in [3.63, 3.8) is 0 Å². The van der Waals surface area contributed by atoms with E-state index in [9.17, 15) is 8.78 Å². The van der Waals surface area contributed by atoms with E-state index in [0.29, 0.717) is 10.6 Å². The van der Waals surface area contributed by atoms with E-state index >= 15 is 0 Å². The maximum Gasteiger partial charge on any atom is 0.148 e. The van der Waals surface area contributed by atoms with Crippen LogP contribution < -0.4 is 5.32 Å². The second kappa shape index (κ2) is 5.29. The van der Waals surface area contributed by atoms with Gasteiger partial charge in [0.05, 0.1) is 0 Å². The molecule has 0 fully saturated rings. The Balaban J connectivity index is 2.24. The van der Waals surface area contributed by atoms with Gasteiger partial charge in [0.1, 0.15) is 21.6 Å². The predicted octanol–water partition coefficient (Wildman–Crippen LogP) is 2.25. The van der Waals surface area contributed by atoms with Crippen LogP contribution in [0.1, 0.15) is 5.01 Å². The van der Waals surface area contributed by atoms with Crippen LogP contribution in [-0.2, 0) is 6.42 Å². The van der Waals surface area contributed by atoms with Crippen molar-refractivity contribution in [3.05, 3.63) is 34.8 Å². The number of rotatable bonds is 4. The third kappa shape index (κ3) is 3.04. The maximum atomic E-state index is 13.0. The molecule has 0 aliphatic rings. The van der Waals surface area contributed by atoms with Gasteiger partial charge in [-0.1, -0.05) is 11.3 Å². The van der Waals surface area contributed by atoms with E-state index in [2.05, 4.69) is 15.5 Å². The van der Waals surface area contributed by atoms with Gasteiger partial charge < -0.3 is 5.32 Å². The fourth-order valence-electron chi connectivity index (χ4n) is 1.38. The molecule has 1 N–H and O–H groups in total. The quantitative estimate of drug-likeness (QED) is 0.910. The van der Waals surface area contributed by atoms with Crippen molar-refractivity contribution in [2.45, 2.75) is 6.42 Å². The highest BCUT2D eigenvalue weighted by Gasteiger charge is 2.09. The van der Waals surface area contributed by atoms with E-state index in [0.717, 1.165) is 24.0 Å². The average Bonchev–Trinajstić information content (AvgIpc) is 2.73. The molecule has 1 aromatic carbocycles. The number of hydrogen-bond donors (Lipinski definition) is 1. The molecule has 2 rings (SSSR count). The summed E-state index contributed by atoms with van der Waals surface area (Å²) in [5.41, 5.74) is 0.427. The first-order valence-electron chi connectivity index (χ1n) is 5.12. The summed E-state index contributed by atoms with van der Waals surface area (Å²) < 4.78 is 26.1. The van der Waals surface area contributed by atoms with Gasteiger partial charge in [-0.05, 0) is 19.2 Å². The summed E-state index contributed by atoms with van der Waals surface area (Å²) in [5, 5.41) is 12.3. The van der Waals surface area contributed by atoms with Crippen molar-refractivity contribution >= 4 is 11.3 Å². The van der Waals surface area contributed by atoms with Crippen LogP contribution in [0.3, 0.4) is 0 Å². The normalized spacial score (nSPS) is 10.8. The molecule has 3 nitrogen and oxygen atoms in total. The third-order valence-corrected chi connectivity index (χ3v) is 3.20. The van der Waals surface area contributed by atoms with Gasteiger partial charge in [0.2, 0.25) is 0 Å². The van der Waals surface area contributed by atoms with Crippen LogP contribution in [0.5, 0.6) is 0 Å². The van der Waals surface area contributed by atoms with Crippen LogP contribution in [0.4, 0.5) is 8.78 Å². The molecule has 1 heterocycles. The second-order valence-corrected chi connectivity index (χ2v) is 4.57. The summed E-state index contributed by atoms with van der Waals surface area (Å²) in [6.45, 7) is 0.798. The van der Waals surface area contributed by atoms with Gasteiger partial charge in [-0.15, -0.1) is 10.2 Å². The largest absolute Gasteiger partial charge is 0.319 e. The van der Waals surface area contributed by atoms with E-state index in [4.69, 9.17) is 0 Å². The fraction of sp³-hybridized carbons (Fsp3) is 0.273.